The number of sulfonamides is 1. The van der Waals surface area contributed by atoms with Gasteiger partial charge in [-0.1, -0.05) is 42.8 Å². The fourth-order valence-electron chi connectivity index (χ4n) is 4.67. The van der Waals surface area contributed by atoms with Gasteiger partial charge < -0.3 is 4.74 Å². The molecular formula is C23H25N3O3S2. The minimum absolute atomic E-state index is 0.195. The standard InChI is InChI=1S/C23H25N3O3S2/c27-31(28,25-23-24-12-15-30-23)18-9-10-19-21(11-14-29-22(19)16-18)26-13-5-4-8-20(26)17-6-2-1-3-7-17/h1-3,6-7,9-10,12,15-16,20-21H,4-5,8,11,13-14H2,(H,24,25)/t20?,21-/m0/s1. The van der Waals surface area contributed by atoms with E-state index in [1.807, 2.05) is 6.07 Å². The Morgan fingerprint density at radius 1 is 1.06 bits per heavy atom. The smallest absolute Gasteiger partial charge is 0.263 e. The molecule has 1 aromatic heterocycles. The van der Waals surface area contributed by atoms with E-state index >= 15 is 0 Å². The van der Waals surface area contributed by atoms with Crippen LogP contribution < -0.4 is 9.46 Å². The predicted molar refractivity (Wildman–Crippen MR) is 122 cm³/mol. The lowest BCUT2D eigenvalue weighted by atomic mass is 9.90. The topological polar surface area (TPSA) is 71.5 Å². The van der Waals surface area contributed by atoms with Crippen molar-refractivity contribution in [3.63, 3.8) is 0 Å². The van der Waals surface area contributed by atoms with Gasteiger partial charge in [0.1, 0.15) is 5.75 Å². The van der Waals surface area contributed by atoms with Gasteiger partial charge in [0.15, 0.2) is 5.13 Å². The van der Waals surface area contributed by atoms with Crippen molar-refractivity contribution < 1.29 is 13.2 Å². The largest absolute Gasteiger partial charge is 0.493 e. The molecule has 2 aromatic carbocycles. The van der Waals surface area contributed by atoms with Crippen molar-refractivity contribution in [2.45, 2.75) is 42.7 Å². The van der Waals surface area contributed by atoms with Crippen molar-refractivity contribution in [1.29, 1.82) is 0 Å². The Kier molecular flexibility index (Phi) is 5.69. The predicted octanol–water partition coefficient (Wildman–Crippen LogP) is 4.99. The Balaban J connectivity index is 1.45. The summed E-state index contributed by atoms with van der Waals surface area (Å²) in [6.07, 6.45) is 6.03. The van der Waals surface area contributed by atoms with Crippen LogP contribution in [0.4, 0.5) is 5.13 Å². The van der Waals surface area contributed by atoms with Gasteiger partial charge in [-0.15, -0.1) is 11.3 Å². The minimum atomic E-state index is -3.71. The van der Waals surface area contributed by atoms with E-state index in [2.05, 4.69) is 44.9 Å². The number of ether oxygens (including phenoxy) is 1. The first-order valence-corrected chi connectivity index (χ1v) is 13.0. The van der Waals surface area contributed by atoms with Crippen LogP contribution in [0.1, 0.15) is 48.9 Å². The number of hydrogen-bond donors (Lipinski definition) is 1. The van der Waals surface area contributed by atoms with Gasteiger partial charge in [-0.05, 0) is 31.0 Å². The summed E-state index contributed by atoms with van der Waals surface area (Å²) >= 11 is 1.25. The second-order valence-corrected chi connectivity index (χ2v) is 10.5. The Hall–Kier alpha value is -2.42. The number of rotatable bonds is 5. The van der Waals surface area contributed by atoms with Gasteiger partial charge in [-0.3, -0.25) is 9.62 Å². The van der Waals surface area contributed by atoms with Crippen LogP contribution in [0.25, 0.3) is 0 Å². The van der Waals surface area contributed by atoms with Crippen LogP contribution in [0.3, 0.4) is 0 Å². The zero-order valence-corrected chi connectivity index (χ0v) is 18.7. The lowest BCUT2D eigenvalue weighted by Gasteiger charge is -2.43. The van der Waals surface area contributed by atoms with E-state index < -0.39 is 10.0 Å². The first-order valence-electron chi connectivity index (χ1n) is 10.6. The van der Waals surface area contributed by atoms with Crippen molar-refractivity contribution >= 4 is 26.5 Å². The highest BCUT2D eigenvalue weighted by atomic mass is 32.2. The lowest BCUT2D eigenvalue weighted by molar-refractivity contribution is 0.0668. The van der Waals surface area contributed by atoms with Crippen molar-refractivity contribution in [2.24, 2.45) is 0 Å². The Bertz CT molecular complexity index is 1130. The average Bonchev–Trinajstić information content (AvgIpc) is 3.31. The molecule has 0 bridgehead atoms. The number of nitrogens with one attached hydrogen (secondary N) is 1. The molecule has 1 N–H and O–H groups in total. The van der Waals surface area contributed by atoms with Gasteiger partial charge >= 0.3 is 0 Å². The molecule has 8 heteroatoms. The maximum absolute atomic E-state index is 12.8. The van der Waals surface area contributed by atoms with Gasteiger partial charge in [0.25, 0.3) is 10.0 Å². The monoisotopic (exact) mass is 455 g/mol. The van der Waals surface area contributed by atoms with Crippen molar-refractivity contribution in [2.75, 3.05) is 17.9 Å². The molecule has 0 amide bonds. The number of benzene rings is 2. The van der Waals surface area contributed by atoms with E-state index in [0.717, 1.165) is 24.9 Å². The summed E-state index contributed by atoms with van der Waals surface area (Å²) in [4.78, 5) is 6.80. The molecule has 0 radical (unpaired) electrons. The number of aromatic nitrogens is 1. The number of nitrogens with zero attached hydrogens (tertiary/aromatic N) is 2. The van der Waals surface area contributed by atoms with Gasteiger partial charge in [-0.2, -0.15) is 0 Å². The average molecular weight is 456 g/mol. The first-order chi connectivity index (χ1) is 15.1. The van der Waals surface area contributed by atoms with E-state index in [1.165, 1.54) is 29.7 Å². The van der Waals surface area contributed by atoms with E-state index in [1.54, 1.807) is 23.7 Å². The highest BCUT2D eigenvalue weighted by Crippen LogP contribution is 2.44. The molecular weight excluding hydrogens is 430 g/mol. The molecule has 0 aliphatic carbocycles. The molecule has 5 rings (SSSR count). The Labute approximate surface area is 186 Å². The van der Waals surface area contributed by atoms with Crippen LogP contribution in [0.15, 0.2) is 65.0 Å². The third kappa shape index (κ3) is 4.20. The zero-order valence-electron chi connectivity index (χ0n) is 17.1. The SMILES string of the molecule is O=S(=O)(Nc1nccs1)c1ccc2c(c1)OCC[C@@H]2N1CCCCC1c1ccccc1. The summed E-state index contributed by atoms with van der Waals surface area (Å²) in [7, 11) is -3.71. The highest BCUT2D eigenvalue weighted by Gasteiger charge is 2.34. The second kappa shape index (κ2) is 8.61. The lowest BCUT2D eigenvalue weighted by Crippen LogP contribution is -2.38. The summed E-state index contributed by atoms with van der Waals surface area (Å²) < 4.78 is 34.1. The molecule has 0 spiro atoms. The normalized spacial score (nSPS) is 21.8. The highest BCUT2D eigenvalue weighted by molar-refractivity contribution is 7.93. The molecule has 3 aromatic rings. The molecule has 6 nitrogen and oxygen atoms in total. The maximum Gasteiger partial charge on any atom is 0.263 e. The van der Waals surface area contributed by atoms with Crippen molar-refractivity contribution in [1.82, 2.24) is 9.88 Å². The van der Waals surface area contributed by atoms with Crippen molar-refractivity contribution in [3.8, 4) is 5.75 Å². The fraction of sp³-hybridized carbons (Fsp3) is 0.348. The summed E-state index contributed by atoms with van der Waals surface area (Å²) in [5.74, 6) is 0.663. The maximum atomic E-state index is 12.8. The van der Waals surface area contributed by atoms with Crippen LogP contribution in [-0.4, -0.2) is 31.5 Å². The van der Waals surface area contributed by atoms with Crippen LogP contribution in [0.5, 0.6) is 5.75 Å². The first kappa shape index (κ1) is 20.5. The van der Waals surface area contributed by atoms with Crippen LogP contribution in [0, 0.1) is 0 Å². The summed E-state index contributed by atoms with van der Waals surface area (Å²) in [5.41, 5.74) is 2.42. The van der Waals surface area contributed by atoms with Crippen LogP contribution in [-0.2, 0) is 10.0 Å². The molecule has 0 saturated carbocycles. The number of fused-ring (bicyclic) bond motifs is 1. The quantitative estimate of drug-likeness (QED) is 0.587. The molecule has 2 aliphatic rings. The van der Waals surface area contributed by atoms with E-state index in [0.29, 0.717) is 23.5 Å². The molecule has 1 fully saturated rings. The van der Waals surface area contributed by atoms with Crippen LogP contribution in [0.2, 0.25) is 0 Å². The molecule has 1 unspecified atom stereocenters. The van der Waals surface area contributed by atoms with Gasteiger partial charge in [0.2, 0.25) is 0 Å². The molecule has 31 heavy (non-hydrogen) atoms. The number of likely N-dealkylation sites (tertiary alicyclic amines) is 1. The summed E-state index contributed by atoms with van der Waals surface area (Å²) in [6.45, 7) is 1.62. The summed E-state index contributed by atoms with van der Waals surface area (Å²) in [5, 5.41) is 2.09. The Morgan fingerprint density at radius 2 is 1.94 bits per heavy atom. The van der Waals surface area contributed by atoms with E-state index in [4.69, 9.17) is 4.74 Å². The van der Waals surface area contributed by atoms with Crippen molar-refractivity contribution in [3.05, 3.63) is 71.2 Å². The number of hydrogen-bond acceptors (Lipinski definition) is 6. The molecule has 162 valence electrons. The van der Waals surface area contributed by atoms with Gasteiger partial charge in [0.05, 0.1) is 11.5 Å². The number of anilines is 1. The third-order valence-corrected chi connectivity index (χ3v) is 8.24. The molecule has 2 atom stereocenters. The van der Waals surface area contributed by atoms with Gasteiger partial charge in [-0.25, -0.2) is 13.4 Å². The van der Waals surface area contributed by atoms with Crippen LogP contribution >= 0.6 is 11.3 Å². The molecule has 3 heterocycles. The Morgan fingerprint density at radius 3 is 2.74 bits per heavy atom. The molecule has 1 saturated heterocycles. The fourth-order valence-corrected chi connectivity index (χ4v) is 6.47. The minimum Gasteiger partial charge on any atom is -0.493 e. The zero-order chi connectivity index (χ0) is 21.3. The van der Waals surface area contributed by atoms with E-state index in [-0.39, 0.29) is 10.9 Å². The second-order valence-electron chi connectivity index (χ2n) is 7.96. The number of piperidine rings is 1. The number of thiazole rings is 1. The molecule has 2 aliphatic heterocycles. The van der Waals surface area contributed by atoms with E-state index in [9.17, 15) is 8.42 Å². The third-order valence-electron chi connectivity index (χ3n) is 6.09. The van der Waals surface area contributed by atoms with Gasteiger partial charge in [0, 0.05) is 41.7 Å². The summed E-state index contributed by atoms with van der Waals surface area (Å²) in [6, 6.07) is 16.5.